The van der Waals surface area contributed by atoms with E-state index in [1.807, 2.05) is 6.92 Å². The van der Waals surface area contributed by atoms with E-state index in [0.717, 1.165) is 38.8 Å². The molecule has 1 atom stereocenters. The molecule has 106 valence electrons. The zero-order valence-corrected chi connectivity index (χ0v) is 12.3. The van der Waals surface area contributed by atoms with Crippen molar-refractivity contribution in [3.63, 3.8) is 0 Å². The molecule has 0 aromatic carbocycles. The van der Waals surface area contributed by atoms with Gasteiger partial charge in [0.25, 0.3) is 0 Å². The number of nitrogens with two attached hydrogens (primary N) is 1. The Morgan fingerprint density at radius 2 is 2.06 bits per heavy atom. The minimum atomic E-state index is -0.658. The van der Waals surface area contributed by atoms with Crippen molar-refractivity contribution in [1.29, 1.82) is 0 Å². The predicted octanol–water partition coefficient (Wildman–Crippen LogP) is 1.35. The zero-order chi connectivity index (χ0) is 13.8. The van der Waals surface area contributed by atoms with Gasteiger partial charge in [-0.15, -0.1) is 0 Å². The van der Waals surface area contributed by atoms with Crippen LogP contribution in [0.25, 0.3) is 0 Å². The fourth-order valence-electron chi connectivity index (χ4n) is 2.01. The van der Waals surface area contributed by atoms with E-state index >= 15 is 0 Å². The summed E-state index contributed by atoms with van der Waals surface area (Å²) in [6.07, 6.45) is 4.32. The summed E-state index contributed by atoms with van der Waals surface area (Å²) in [5, 5.41) is 2.96. The van der Waals surface area contributed by atoms with E-state index in [1.165, 1.54) is 0 Å². The molecule has 4 nitrogen and oxygen atoms in total. The molecule has 0 spiro atoms. The Bertz CT molecular complexity index is 272. The summed E-state index contributed by atoms with van der Waals surface area (Å²) < 4.78 is 0. The van der Waals surface area contributed by atoms with E-state index in [4.69, 9.17) is 5.73 Å². The second-order valence-electron chi connectivity index (χ2n) is 6.09. The van der Waals surface area contributed by atoms with Crippen LogP contribution in [0.3, 0.4) is 0 Å². The van der Waals surface area contributed by atoms with Crippen molar-refractivity contribution in [3.8, 4) is 0 Å². The Balaban J connectivity index is 2.09. The number of carbonyl (C=O) groups excluding carboxylic acids is 1. The van der Waals surface area contributed by atoms with Gasteiger partial charge in [0.15, 0.2) is 0 Å². The molecule has 0 bridgehead atoms. The normalized spacial score (nSPS) is 19.1. The van der Waals surface area contributed by atoms with Gasteiger partial charge in [-0.3, -0.25) is 4.79 Å². The van der Waals surface area contributed by atoms with Crippen LogP contribution in [-0.4, -0.2) is 42.5 Å². The van der Waals surface area contributed by atoms with Crippen molar-refractivity contribution in [2.75, 3.05) is 20.1 Å². The van der Waals surface area contributed by atoms with Crippen LogP contribution in [0.1, 0.15) is 46.5 Å². The van der Waals surface area contributed by atoms with Crippen molar-refractivity contribution < 1.29 is 4.79 Å². The highest BCUT2D eigenvalue weighted by Crippen LogP contribution is 2.38. The highest BCUT2D eigenvalue weighted by molar-refractivity contribution is 5.86. The van der Waals surface area contributed by atoms with Crippen LogP contribution >= 0.6 is 0 Å². The Morgan fingerprint density at radius 1 is 1.44 bits per heavy atom. The number of amides is 1. The van der Waals surface area contributed by atoms with Crippen LogP contribution in [0.4, 0.5) is 0 Å². The standard InChI is InChI=1S/C14H29N3O/c1-11(2)17(4)10-6-5-9-16-13(18)14(3,15)12-7-8-12/h11-12H,5-10,15H2,1-4H3,(H,16,18). The predicted molar refractivity (Wildman–Crippen MR) is 75.3 cm³/mol. The van der Waals surface area contributed by atoms with Crippen molar-refractivity contribution in [2.24, 2.45) is 11.7 Å². The molecule has 1 unspecified atom stereocenters. The molecule has 3 N–H and O–H groups in total. The van der Waals surface area contributed by atoms with Gasteiger partial charge in [0, 0.05) is 12.6 Å². The fraction of sp³-hybridized carbons (Fsp3) is 0.929. The molecule has 4 heteroatoms. The second kappa shape index (κ2) is 6.53. The van der Waals surface area contributed by atoms with E-state index in [9.17, 15) is 4.79 Å². The molecule has 1 saturated carbocycles. The molecule has 0 radical (unpaired) electrons. The van der Waals surface area contributed by atoms with Crippen molar-refractivity contribution in [3.05, 3.63) is 0 Å². The summed E-state index contributed by atoms with van der Waals surface area (Å²) >= 11 is 0. The molecule has 0 aromatic rings. The first kappa shape index (κ1) is 15.4. The highest BCUT2D eigenvalue weighted by atomic mass is 16.2. The van der Waals surface area contributed by atoms with Gasteiger partial charge in [-0.25, -0.2) is 0 Å². The maximum atomic E-state index is 11.9. The summed E-state index contributed by atoms with van der Waals surface area (Å²) in [6.45, 7) is 8.06. The lowest BCUT2D eigenvalue weighted by molar-refractivity contribution is -0.126. The van der Waals surface area contributed by atoms with E-state index in [1.54, 1.807) is 0 Å². The summed E-state index contributed by atoms with van der Waals surface area (Å²) in [7, 11) is 2.13. The van der Waals surface area contributed by atoms with Gasteiger partial charge in [0.05, 0.1) is 5.54 Å². The molecule has 18 heavy (non-hydrogen) atoms. The van der Waals surface area contributed by atoms with E-state index in [0.29, 0.717) is 12.0 Å². The smallest absolute Gasteiger partial charge is 0.240 e. The van der Waals surface area contributed by atoms with Crippen LogP contribution in [-0.2, 0) is 4.79 Å². The number of rotatable bonds is 8. The first-order valence-corrected chi connectivity index (χ1v) is 7.13. The third-order valence-corrected chi connectivity index (χ3v) is 4.02. The molecule has 0 heterocycles. The lowest BCUT2D eigenvalue weighted by atomic mass is 9.96. The van der Waals surface area contributed by atoms with Gasteiger partial charge < -0.3 is 16.0 Å². The zero-order valence-electron chi connectivity index (χ0n) is 12.3. The number of unbranched alkanes of at least 4 members (excludes halogenated alkanes) is 1. The molecule has 0 aliphatic heterocycles. The van der Waals surface area contributed by atoms with Crippen molar-refractivity contribution >= 4 is 5.91 Å². The van der Waals surface area contributed by atoms with Gasteiger partial charge in [0.1, 0.15) is 0 Å². The molecular formula is C14H29N3O. The molecule has 1 amide bonds. The monoisotopic (exact) mass is 255 g/mol. The molecule has 1 fully saturated rings. The Labute approximate surface area is 111 Å². The number of hydrogen-bond acceptors (Lipinski definition) is 3. The summed E-state index contributed by atoms with van der Waals surface area (Å²) in [5.74, 6) is 0.409. The summed E-state index contributed by atoms with van der Waals surface area (Å²) in [5.41, 5.74) is 5.39. The Hall–Kier alpha value is -0.610. The third-order valence-electron chi connectivity index (χ3n) is 4.02. The van der Waals surface area contributed by atoms with Crippen molar-refractivity contribution in [1.82, 2.24) is 10.2 Å². The molecular weight excluding hydrogens is 226 g/mol. The van der Waals surface area contributed by atoms with Crippen LogP contribution in [0.2, 0.25) is 0 Å². The van der Waals surface area contributed by atoms with Crippen LogP contribution in [0.5, 0.6) is 0 Å². The van der Waals surface area contributed by atoms with E-state index in [-0.39, 0.29) is 5.91 Å². The lowest BCUT2D eigenvalue weighted by Gasteiger charge is -2.23. The summed E-state index contributed by atoms with van der Waals surface area (Å²) in [4.78, 5) is 14.2. The minimum absolute atomic E-state index is 0.0159. The lowest BCUT2D eigenvalue weighted by Crippen LogP contribution is -2.53. The molecule has 1 rings (SSSR count). The van der Waals surface area contributed by atoms with Gasteiger partial charge >= 0.3 is 0 Å². The third kappa shape index (κ3) is 4.58. The average Bonchev–Trinajstić information content (AvgIpc) is 3.11. The maximum Gasteiger partial charge on any atom is 0.240 e. The molecule has 1 aliphatic carbocycles. The fourth-order valence-corrected chi connectivity index (χ4v) is 2.01. The molecule has 0 saturated heterocycles. The van der Waals surface area contributed by atoms with E-state index < -0.39 is 5.54 Å². The van der Waals surface area contributed by atoms with Crippen LogP contribution in [0, 0.1) is 5.92 Å². The highest BCUT2D eigenvalue weighted by Gasteiger charge is 2.43. The van der Waals surface area contributed by atoms with Gasteiger partial charge in [-0.1, -0.05) is 0 Å². The SMILES string of the molecule is CC(C)N(C)CCCCNC(=O)C(C)(N)C1CC1. The van der Waals surface area contributed by atoms with Crippen LogP contribution < -0.4 is 11.1 Å². The average molecular weight is 255 g/mol. The summed E-state index contributed by atoms with van der Waals surface area (Å²) in [6, 6.07) is 0.585. The first-order valence-electron chi connectivity index (χ1n) is 7.13. The molecule has 0 aromatic heterocycles. The van der Waals surface area contributed by atoms with Crippen LogP contribution in [0.15, 0.2) is 0 Å². The largest absolute Gasteiger partial charge is 0.355 e. The van der Waals surface area contributed by atoms with Crippen molar-refractivity contribution in [2.45, 2.75) is 58.0 Å². The number of carbonyl (C=O) groups is 1. The van der Waals surface area contributed by atoms with Gasteiger partial charge in [-0.05, 0) is 66.0 Å². The Kier molecular flexibility index (Phi) is 5.60. The second-order valence-corrected chi connectivity index (χ2v) is 6.09. The van der Waals surface area contributed by atoms with Gasteiger partial charge in [-0.2, -0.15) is 0 Å². The number of hydrogen-bond donors (Lipinski definition) is 2. The molecule has 1 aliphatic rings. The minimum Gasteiger partial charge on any atom is -0.355 e. The van der Waals surface area contributed by atoms with E-state index in [2.05, 4.69) is 31.1 Å². The Morgan fingerprint density at radius 3 is 2.56 bits per heavy atom. The quantitative estimate of drug-likeness (QED) is 0.644. The topological polar surface area (TPSA) is 58.4 Å². The number of nitrogens with zero attached hydrogens (tertiary/aromatic N) is 1. The maximum absolute atomic E-state index is 11.9. The number of nitrogens with one attached hydrogen (secondary N) is 1. The first-order chi connectivity index (χ1) is 8.35. The van der Waals surface area contributed by atoms with Gasteiger partial charge in [0.2, 0.25) is 5.91 Å².